The molecule has 0 aromatic carbocycles. The Kier molecular flexibility index (Phi) is 5.10. The Morgan fingerprint density at radius 1 is 1.30 bits per heavy atom. The fourth-order valence-corrected chi connectivity index (χ4v) is 3.78. The fourth-order valence-electron chi connectivity index (χ4n) is 3.78. The maximum atomic E-state index is 11.6. The molecule has 0 spiro atoms. The van der Waals surface area contributed by atoms with Gasteiger partial charge in [-0.2, -0.15) is 0 Å². The van der Waals surface area contributed by atoms with Crippen molar-refractivity contribution in [3.8, 4) is 0 Å². The number of carbonyl (C=O) groups is 1. The van der Waals surface area contributed by atoms with Crippen LogP contribution in [0.3, 0.4) is 0 Å². The number of aromatic nitrogens is 2. The van der Waals surface area contributed by atoms with Crippen molar-refractivity contribution >= 4 is 11.7 Å². The topological polar surface area (TPSA) is 52.6 Å². The van der Waals surface area contributed by atoms with Crippen LogP contribution in [0.25, 0.3) is 0 Å². The second-order valence-electron chi connectivity index (χ2n) is 6.89. The zero-order valence-electron chi connectivity index (χ0n) is 14.2. The number of amides is 1. The predicted molar refractivity (Wildman–Crippen MR) is 90.3 cm³/mol. The Bertz CT molecular complexity index is 515. The molecule has 0 bridgehead atoms. The normalized spacial score (nSPS) is 24.0. The average Bonchev–Trinajstić information content (AvgIpc) is 2.59. The van der Waals surface area contributed by atoms with E-state index in [0.717, 1.165) is 38.4 Å². The first kappa shape index (κ1) is 16.2. The molecule has 23 heavy (non-hydrogen) atoms. The zero-order valence-corrected chi connectivity index (χ0v) is 14.2. The number of rotatable bonds is 4. The predicted octanol–water partition coefficient (Wildman–Crippen LogP) is 1.25. The number of piperidine rings is 2. The molecular weight excluding hydrogens is 290 g/mol. The maximum absolute atomic E-state index is 11.6. The largest absolute Gasteiger partial charge is 0.356 e. The zero-order chi connectivity index (χ0) is 16.2. The molecule has 0 saturated carbocycles. The minimum absolute atomic E-state index is 0.298. The van der Waals surface area contributed by atoms with Gasteiger partial charge in [-0.3, -0.25) is 4.79 Å². The molecule has 6 nitrogen and oxygen atoms in total. The van der Waals surface area contributed by atoms with Gasteiger partial charge in [-0.1, -0.05) is 0 Å². The van der Waals surface area contributed by atoms with E-state index in [1.165, 1.54) is 12.8 Å². The van der Waals surface area contributed by atoms with Gasteiger partial charge in [0.2, 0.25) is 5.91 Å². The van der Waals surface area contributed by atoms with Crippen molar-refractivity contribution < 1.29 is 4.79 Å². The van der Waals surface area contributed by atoms with E-state index in [-0.39, 0.29) is 0 Å². The SMILES string of the molecule is CN1CC(CN2CCC(N(C)c3ccncn3)CC2)CCC1=O. The molecule has 0 N–H and O–H groups in total. The van der Waals surface area contributed by atoms with Crippen molar-refractivity contribution in [1.82, 2.24) is 19.8 Å². The second-order valence-corrected chi connectivity index (χ2v) is 6.89. The lowest BCUT2D eigenvalue weighted by molar-refractivity contribution is -0.133. The van der Waals surface area contributed by atoms with Crippen LogP contribution in [0.2, 0.25) is 0 Å². The quantitative estimate of drug-likeness (QED) is 0.836. The summed E-state index contributed by atoms with van der Waals surface area (Å²) in [7, 11) is 4.06. The summed E-state index contributed by atoms with van der Waals surface area (Å²) in [4.78, 5) is 26.7. The van der Waals surface area contributed by atoms with Gasteiger partial charge in [-0.15, -0.1) is 0 Å². The van der Waals surface area contributed by atoms with Crippen molar-refractivity contribution in [3.63, 3.8) is 0 Å². The third-order valence-electron chi connectivity index (χ3n) is 5.27. The first-order valence-electron chi connectivity index (χ1n) is 8.58. The van der Waals surface area contributed by atoms with E-state index in [0.29, 0.717) is 24.3 Å². The summed E-state index contributed by atoms with van der Waals surface area (Å²) in [5, 5.41) is 0. The molecule has 126 valence electrons. The molecule has 2 aliphatic heterocycles. The Hall–Kier alpha value is -1.69. The number of hydrogen-bond acceptors (Lipinski definition) is 5. The van der Waals surface area contributed by atoms with Crippen molar-refractivity contribution in [1.29, 1.82) is 0 Å². The van der Waals surface area contributed by atoms with Crippen LogP contribution in [0.5, 0.6) is 0 Å². The van der Waals surface area contributed by atoms with Crippen LogP contribution in [0.4, 0.5) is 5.82 Å². The Morgan fingerprint density at radius 3 is 2.74 bits per heavy atom. The maximum Gasteiger partial charge on any atom is 0.222 e. The van der Waals surface area contributed by atoms with Crippen LogP contribution >= 0.6 is 0 Å². The van der Waals surface area contributed by atoms with Gasteiger partial charge in [0.25, 0.3) is 0 Å². The van der Waals surface area contributed by atoms with Gasteiger partial charge >= 0.3 is 0 Å². The van der Waals surface area contributed by atoms with Gasteiger partial charge in [-0.25, -0.2) is 9.97 Å². The van der Waals surface area contributed by atoms with Gasteiger partial charge in [0.15, 0.2) is 0 Å². The molecule has 6 heteroatoms. The van der Waals surface area contributed by atoms with E-state index in [1.54, 1.807) is 12.5 Å². The Morgan fingerprint density at radius 2 is 2.09 bits per heavy atom. The summed E-state index contributed by atoms with van der Waals surface area (Å²) >= 11 is 0. The summed E-state index contributed by atoms with van der Waals surface area (Å²) in [5.41, 5.74) is 0. The van der Waals surface area contributed by atoms with Crippen molar-refractivity contribution in [3.05, 3.63) is 18.6 Å². The van der Waals surface area contributed by atoms with E-state index in [4.69, 9.17) is 0 Å². The molecular formula is C17H27N5O. The number of likely N-dealkylation sites (tertiary alicyclic amines) is 2. The van der Waals surface area contributed by atoms with Crippen LogP contribution in [-0.4, -0.2) is 72.0 Å². The average molecular weight is 317 g/mol. The number of anilines is 1. The van der Waals surface area contributed by atoms with Crippen molar-refractivity contribution in [2.45, 2.75) is 31.7 Å². The highest BCUT2D eigenvalue weighted by Gasteiger charge is 2.28. The Labute approximate surface area is 138 Å². The molecule has 2 aliphatic rings. The molecule has 3 heterocycles. The number of nitrogens with zero attached hydrogens (tertiary/aromatic N) is 5. The minimum Gasteiger partial charge on any atom is -0.356 e. The van der Waals surface area contributed by atoms with E-state index in [1.807, 2.05) is 18.0 Å². The van der Waals surface area contributed by atoms with E-state index >= 15 is 0 Å². The Balaban J connectivity index is 1.46. The molecule has 2 fully saturated rings. The van der Waals surface area contributed by atoms with Crippen LogP contribution in [0.1, 0.15) is 25.7 Å². The third-order valence-corrected chi connectivity index (χ3v) is 5.27. The first-order chi connectivity index (χ1) is 11.1. The van der Waals surface area contributed by atoms with E-state index in [2.05, 4.69) is 26.8 Å². The van der Waals surface area contributed by atoms with Gasteiger partial charge in [0, 0.05) is 58.9 Å². The van der Waals surface area contributed by atoms with Crippen molar-refractivity contribution in [2.24, 2.45) is 5.92 Å². The molecule has 0 radical (unpaired) electrons. The van der Waals surface area contributed by atoms with Gasteiger partial charge in [-0.05, 0) is 31.2 Å². The summed E-state index contributed by atoms with van der Waals surface area (Å²) in [6.07, 6.45) is 7.51. The van der Waals surface area contributed by atoms with E-state index in [9.17, 15) is 4.79 Å². The fraction of sp³-hybridized carbons (Fsp3) is 0.706. The molecule has 1 atom stereocenters. The van der Waals surface area contributed by atoms with Crippen LogP contribution in [-0.2, 0) is 4.79 Å². The van der Waals surface area contributed by atoms with Crippen molar-refractivity contribution in [2.75, 3.05) is 45.2 Å². The molecule has 2 saturated heterocycles. The molecule has 1 amide bonds. The van der Waals surface area contributed by atoms with Gasteiger partial charge in [0.1, 0.15) is 12.1 Å². The summed E-state index contributed by atoms with van der Waals surface area (Å²) in [6.45, 7) is 4.31. The van der Waals surface area contributed by atoms with Gasteiger partial charge < -0.3 is 14.7 Å². The number of hydrogen-bond donors (Lipinski definition) is 0. The lowest BCUT2D eigenvalue weighted by atomic mass is 9.95. The van der Waals surface area contributed by atoms with Crippen LogP contribution in [0.15, 0.2) is 18.6 Å². The molecule has 1 aromatic heterocycles. The highest BCUT2D eigenvalue weighted by atomic mass is 16.2. The highest BCUT2D eigenvalue weighted by Crippen LogP contribution is 2.23. The summed E-state index contributed by atoms with van der Waals surface area (Å²) < 4.78 is 0. The smallest absolute Gasteiger partial charge is 0.222 e. The second kappa shape index (κ2) is 7.25. The molecule has 3 rings (SSSR count). The first-order valence-corrected chi connectivity index (χ1v) is 8.58. The lowest BCUT2D eigenvalue weighted by Gasteiger charge is -2.39. The van der Waals surface area contributed by atoms with E-state index < -0.39 is 0 Å². The lowest BCUT2D eigenvalue weighted by Crippen LogP contribution is -2.47. The standard InChI is InChI=1S/C17H27N5O/c1-20-11-14(3-4-17(20)23)12-22-9-6-15(7-10-22)21(2)16-5-8-18-13-19-16/h5,8,13-15H,3-4,6-7,9-12H2,1-2H3. The van der Waals surface area contributed by atoms with Crippen LogP contribution < -0.4 is 4.90 Å². The number of carbonyl (C=O) groups excluding carboxylic acids is 1. The summed E-state index contributed by atoms with van der Waals surface area (Å²) in [5.74, 6) is 1.94. The minimum atomic E-state index is 0.298. The van der Waals surface area contributed by atoms with Crippen LogP contribution in [0, 0.1) is 5.92 Å². The third kappa shape index (κ3) is 3.99. The molecule has 0 aliphatic carbocycles. The highest BCUT2D eigenvalue weighted by molar-refractivity contribution is 5.76. The summed E-state index contributed by atoms with van der Waals surface area (Å²) in [6, 6.07) is 2.53. The van der Waals surface area contributed by atoms with Gasteiger partial charge in [0.05, 0.1) is 0 Å². The monoisotopic (exact) mass is 317 g/mol. The molecule has 1 aromatic rings. The molecule has 1 unspecified atom stereocenters.